The maximum Gasteiger partial charge on any atom is 0.303 e. The molecule has 1 heterocycles. The van der Waals surface area contributed by atoms with E-state index in [1.54, 1.807) is 0 Å². The summed E-state index contributed by atoms with van der Waals surface area (Å²) in [5, 5.41) is 10.00. The molecule has 0 radical (unpaired) electrons. The van der Waals surface area contributed by atoms with Crippen LogP contribution in [0.15, 0.2) is 30.0 Å². The van der Waals surface area contributed by atoms with E-state index in [9.17, 15) is 33.9 Å². The molecule has 0 saturated carbocycles. The number of benzene rings is 1. The normalized spacial score (nSPS) is 24.8. The van der Waals surface area contributed by atoms with Crippen LogP contribution in [-0.4, -0.2) is 77.9 Å². The van der Waals surface area contributed by atoms with Crippen LogP contribution in [0, 0.1) is 0 Å². The van der Waals surface area contributed by atoms with E-state index in [2.05, 4.69) is 0 Å². The zero-order valence-electron chi connectivity index (χ0n) is 20.2. The zero-order valence-corrected chi connectivity index (χ0v) is 20.2. The summed E-state index contributed by atoms with van der Waals surface area (Å²) in [7, 11) is 0. The second kappa shape index (κ2) is 11.2. The molecular weight excluding hydrogens is 496 g/mol. The summed E-state index contributed by atoms with van der Waals surface area (Å²) in [5.41, 5.74) is -0.366. The third kappa shape index (κ3) is 6.30. The number of ketones is 2. The van der Waals surface area contributed by atoms with E-state index in [1.807, 2.05) is 0 Å². The fraction of sp³-hybridized carbons (Fsp3) is 0.417. The second-order valence-electron chi connectivity index (χ2n) is 8.09. The number of aromatic hydroxyl groups is 1. The van der Waals surface area contributed by atoms with E-state index in [0.29, 0.717) is 0 Å². The van der Waals surface area contributed by atoms with E-state index in [0.717, 1.165) is 33.8 Å². The van der Waals surface area contributed by atoms with Crippen LogP contribution in [0.2, 0.25) is 0 Å². The Morgan fingerprint density at radius 3 is 2.05 bits per heavy atom. The minimum absolute atomic E-state index is 0.145. The van der Waals surface area contributed by atoms with Crippen molar-refractivity contribution < 1.29 is 62.3 Å². The summed E-state index contributed by atoms with van der Waals surface area (Å²) in [6.07, 6.45) is -6.70. The Labute approximate surface area is 210 Å². The van der Waals surface area contributed by atoms with Crippen molar-refractivity contribution in [3.63, 3.8) is 0 Å². The summed E-state index contributed by atoms with van der Waals surface area (Å²) in [6.45, 7) is 3.78. The van der Waals surface area contributed by atoms with Crippen molar-refractivity contribution >= 4 is 35.4 Å². The molecule has 0 spiro atoms. The molecule has 0 amide bonds. The number of carbonyl (C=O) groups is 6. The van der Waals surface area contributed by atoms with E-state index in [1.165, 1.54) is 18.2 Å². The summed E-state index contributed by atoms with van der Waals surface area (Å²) in [6, 6.07) is 3.90. The molecule has 0 aromatic heterocycles. The van der Waals surface area contributed by atoms with Crippen molar-refractivity contribution in [1.82, 2.24) is 0 Å². The Morgan fingerprint density at radius 2 is 1.46 bits per heavy atom. The SMILES string of the molecule is CC(=O)OC[C@@H]1O[C@H](OC2=CC(=O)c3c(O)cccc3C2=O)[C@@H](OC(C)=O)[C@H](OC(C)=O)[C@H]1OC(C)=O. The molecule has 1 N–H and O–H groups in total. The van der Waals surface area contributed by atoms with Crippen LogP contribution in [-0.2, 0) is 47.6 Å². The van der Waals surface area contributed by atoms with Gasteiger partial charge in [0.25, 0.3) is 0 Å². The summed E-state index contributed by atoms with van der Waals surface area (Å²) >= 11 is 0. The number of esters is 4. The molecule has 1 aliphatic heterocycles. The largest absolute Gasteiger partial charge is 0.507 e. The lowest BCUT2D eigenvalue weighted by Crippen LogP contribution is -2.63. The molecule has 1 aromatic carbocycles. The molecule has 1 aliphatic carbocycles. The highest BCUT2D eigenvalue weighted by Gasteiger charge is 2.54. The lowest BCUT2D eigenvalue weighted by atomic mass is 9.92. The van der Waals surface area contributed by atoms with Gasteiger partial charge in [0.2, 0.25) is 18.2 Å². The molecule has 2 aliphatic rings. The zero-order chi connectivity index (χ0) is 27.4. The van der Waals surface area contributed by atoms with Crippen LogP contribution >= 0.6 is 0 Å². The molecule has 13 nitrogen and oxygen atoms in total. The van der Waals surface area contributed by atoms with Crippen molar-refractivity contribution in [3.8, 4) is 5.75 Å². The van der Waals surface area contributed by atoms with Gasteiger partial charge in [-0.15, -0.1) is 0 Å². The van der Waals surface area contributed by atoms with Gasteiger partial charge in [0, 0.05) is 39.3 Å². The van der Waals surface area contributed by atoms with Gasteiger partial charge in [-0.3, -0.25) is 28.8 Å². The number of phenols is 1. The number of ether oxygens (including phenoxy) is 6. The number of allylic oxidation sites excluding steroid dienone is 2. The number of rotatable bonds is 7. The highest BCUT2D eigenvalue weighted by atomic mass is 16.7. The Hall–Kier alpha value is -4.26. The molecular formula is C24H24O13. The summed E-state index contributed by atoms with van der Waals surface area (Å²) in [5.74, 6) is -5.70. The van der Waals surface area contributed by atoms with E-state index in [-0.39, 0.29) is 11.1 Å². The van der Waals surface area contributed by atoms with Crippen LogP contribution in [0.3, 0.4) is 0 Å². The minimum Gasteiger partial charge on any atom is -0.507 e. The molecule has 5 atom stereocenters. The Balaban J connectivity index is 2.02. The lowest BCUT2D eigenvalue weighted by molar-refractivity contribution is -0.298. The second-order valence-corrected chi connectivity index (χ2v) is 8.09. The third-order valence-corrected chi connectivity index (χ3v) is 5.21. The van der Waals surface area contributed by atoms with Crippen LogP contribution in [0.25, 0.3) is 0 Å². The van der Waals surface area contributed by atoms with Crippen LogP contribution < -0.4 is 0 Å². The number of fused-ring (bicyclic) bond motifs is 1. The molecule has 13 heteroatoms. The van der Waals surface area contributed by atoms with Gasteiger partial charge in [-0.25, -0.2) is 0 Å². The smallest absolute Gasteiger partial charge is 0.303 e. The molecule has 1 aromatic rings. The predicted octanol–water partition coefficient (Wildman–Crippen LogP) is 0.755. The average molecular weight is 520 g/mol. The molecule has 37 heavy (non-hydrogen) atoms. The van der Waals surface area contributed by atoms with Crippen molar-refractivity contribution in [2.45, 2.75) is 58.4 Å². The first-order valence-corrected chi connectivity index (χ1v) is 11.0. The van der Waals surface area contributed by atoms with Gasteiger partial charge in [-0.1, -0.05) is 6.07 Å². The number of Topliss-reactive ketones (excluding diaryl/α,β-unsaturated/α-hetero) is 1. The minimum atomic E-state index is -1.69. The van der Waals surface area contributed by atoms with Crippen molar-refractivity contribution in [2.75, 3.05) is 6.61 Å². The predicted molar refractivity (Wildman–Crippen MR) is 118 cm³/mol. The van der Waals surface area contributed by atoms with Crippen molar-refractivity contribution in [3.05, 3.63) is 41.2 Å². The van der Waals surface area contributed by atoms with E-state index in [4.69, 9.17) is 28.4 Å². The quantitative estimate of drug-likeness (QED) is 0.394. The van der Waals surface area contributed by atoms with Crippen molar-refractivity contribution in [2.24, 2.45) is 0 Å². The fourth-order valence-corrected chi connectivity index (χ4v) is 3.87. The maximum atomic E-state index is 13.0. The Kier molecular flexibility index (Phi) is 8.28. The third-order valence-electron chi connectivity index (χ3n) is 5.21. The van der Waals surface area contributed by atoms with Gasteiger partial charge >= 0.3 is 23.9 Å². The van der Waals surface area contributed by atoms with E-state index < -0.39 is 84.3 Å². The van der Waals surface area contributed by atoms with Crippen LogP contribution in [0.5, 0.6) is 5.75 Å². The summed E-state index contributed by atoms with van der Waals surface area (Å²) < 4.78 is 32.2. The first-order valence-electron chi connectivity index (χ1n) is 11.0. The molecule has 1 saturated heterocycles. The van der Waals surface area contributed by atoms with E-state index >= 15 is 0 Å². The molecule has 198 valence electrons. The molecule has 1 fully saturated rings. The summed E-state index contributed by atoms with van der Waals surface area (Å²) in [4.78, 5) is 72.7. The Bertz CT molecular complexity index is 1170. The highest BCUT2D eigenvalue weighted by Crippen LogP contribution is 2.34. The first kappa shape index (κ1) is 27.3. The van der Waals surface area contributed by atoms with Crippen LogP contribution in [0.4, 0.5) is 0 Å². The molecule has 0 unspecified atom stereocenters. The molecule has 0 bridgehead atoms. The van der Waals surface area contributed by atoms with Crippen molar-refractivity contribution in [1.29, 1.82) is 0 Å². The lowest BCUT2D eigenvalue weighted by Gasteiger charge is -2.44. The standard InChI is InChI=1S/C24H24O13/c1-10(25)32-9-18-21(33-11(2)26)22(34-12(3)27)23(35-13(4)28)24(37-18)36-17-8-16(30)19-14(20(17)31)6-5-7-15(19)29/h5-8,18,21-24,29H,9H2,1-4H3/t18-,21-,22+,23-,24-/m0/s1. The number of hydrogen-bond acceptors (Lipinski definition) is 13. The van der Waals surface area contributed by atoms with Gasteiger partial charge in [0.05, 0.1) is 5.56 Å². The molecule has 3 rings (SSSR count). The maximum absolute atomic E-state index is 13.0. The van der Waals surface area contributed by atoms with Gasteiger partial charge in [-0.05, 0) is 12.1 Å². The number of hydrogen-bond donors (Lipinski definition) is 1. The van der Waals surface area contributed by atoms with Gasteiger partial charge in [0.15, 0.2) is 23.8 Å². The monoisotopic (exact) mass is 520 g/mol. The van der Waals surface area contributed by atoms with Gasteiger partial charge in [-0.2, -0.15) is 0 Å². The average Bonchev–Trinajstić information content (AvgIpc) is 2.78. The number of carbonyl (C=O) groups excluding carboxylic acids is 6. The highest BCUT2D eigenvalue weighted by molar-refractivity contribution is 6.24. The topological polar surface area (TPSA) is 178 Å². The first-order chi connectivity index (χ1) is 17.4. The van der Waals surface area contributed by atoms with Gasteiger partial charge in [0.1, 0.15) is 18.5 Å². The fourth-order valence-electron chi connectivity index (χ4n) is 3.87. The van der Waals surface area contributed by atoms with Crippen LogP contribution in [0.1, 0.15) is 48.4 Å². The number of phenolic OH excluding ortho intramolecular Hbond substituents is 1. The van der Waals surface area contributed by atoms with Gasteiger partial charge < -0.3 is 33.5 Å². The Morgan fingerprint density at radius 1 is 0.865 bits per heavy atom.